The number of fused-ring (bicyclic) bond motifs is 3. The van der Waals surface area contributed by atoms with Gasteiger partial charge in [0.05, 0.1) is 12.7 Å². The third-order valence-corrected chi connectivity index (χ3v) is 4.81. The van der Waals surface area contributed by atoms with Gasteiger partial charge in [0.2, 0.25) is 6.79 Å². The predicted octanol–water partition coefficient (Wildman–Crippen LogP) is 4.28. The van der Waals surface area contributed by atoms with Gasteiger partial charge >= 0.3 is 0 Å². The molecule has 0 spiro atoms. The summed E-state index contributed by atoms with van der Waals surface area (Å²) < 4.78 is 16.9. The maximum Gasteiger partial charge on any atom is 0.231 e. The quantitative estimate of drug-likeness (QED) is 0.838. The zero-order chi connectivity index (χ0) is 16.5. The molecular weight excluding hydrogens is 361 g/mol. The van der Waals surface area contributed by atoms with Crippen LogP contribution in [-0.2, 0) is 17.8 Å². The van der Waals surface area contributed by atoms with Crippen LogP contribution in [0.3, 0.4) is 0 Å². The molecule has 0 bridgehead atoms. The van der Waals surface area contributed by atoms with Crippen molar-refractivity contribution in [2.75, 3.05) is 13.3 Å². The van der Waals surface area contributed by atoms with Gasteiger partial charge in [-0.2, -0.15) is 0 Å². The Kier molecular flexibility index (Phi) is 5.74. The van der Waals surface area contributed by atoms with Crippen LogP contribution in [0, 0.1) is 0 Å². The van der Waals surface area contributed by atoms with Crippen molar-refractivity contribution in [1.29, 1.82) is 0 Å². The minimum Gasteiger partial charge on any atom is -0.454 e. The molecular formula is C19H21Cl2NO3. The Morgan fingerprint density at radius 2 is 1.96 bits per heavy atom. The molecule has 0 fully saturated rings. The molecule has 0 saturated carbocycles. The summed E-state index contributed by atoms with van der Waals surface area (Å²) in [5.74, 6) is 1.67. The second-order valence-corrected chi connectivity index (χ2v) is 6.74. The summed E-state index contributed by atoms with van der Waals surface area (Å²) >= 11 is 5.93. The first-order chi connectivity index (χ1) is 11.7. The fourth-order valence-corrected chi connectivity index (χ4v) is 3.42. The topological polar surface area (TPSA) is 39.7 Å². The van der Waals surface area contributed by atoms with E-state index in [4.69, 9.17) is 25.8 Å². The minimum absolute atomic E-state index is 0. The molecule has 0 aliphatic carbocycles. The van der Waals surface area contributed by atoms with Gasteiger partial charge in [-0.3, -0.25) is 0 Å². The summed E-state index contributed by atoms with van der Waals surface area (Å²) in [7, 11) is 0. The van der Waals surface area contributed by atoms with Gasteiger partial charge in [0.25, 0.3) is 0 Å². The van der Waals surface area contributed by atoms with Gasteiger partial charge < -0.3 is 19.5 Å². The van der Waals surface area contributed by atoms with E-state index in [1.54, 1.807) is 0 Å². The van der Waals surface area contributed by atoms with Gasteiger partial charge in [-0.15, -0.1) is 12.4 Å². The fourth-order valence-electron chi connectivity index (χ4n) is 3.29. The van der Waals surface area contributed by atoms with Gasteiger partial charge in [0.15, 0.2) is 11.5 Å². The van der Waals surface area contributed by atoms with Crippen molar-refractivity contribution >= 4 is 24.0 Å². The van der Waals surface area contributed by atoms with Crippen LogP contribution in [0.25, 0.3) is 0 Å². The van der Waals surface area contributed by atoms with Crippen LogP contribution in [0.2, 0.25) is 5.02 Å². The third kappa shape index (κ3) is 3.87. The van der Waals surface area contributed by atoms with Crippen LogP contribution < -0.4 is 14.8 Å². The first-order valence-electron chi connectivity index (χ1n) is 8.21. The monoisotopic (exact) mass is 381 g/mol. The van der Waals surface area contributed by atoms with Crippen LogP contribution in [0.15, 0.2) is 36.4 Å². The van der Waals surface area contributed by atoms with Gasteiger partial charge in [-0.1, -0.05) is 29.8 Å². The van der Waals surface area contributed by atoms with Crippen molar-refractivity contribution in [3.05, 3.63) is 58.1 Å². The molecule has 2 aromatic rings. The molecule has 2 aliphatic heterocycles. The highest BCUT2D eigenvalue weighted by Crippen LogP contribution is 2.44. The summed E-state index contributed by atoms with van der Waals surface area (Å²) in [4.78, 5) is 0. The van der Waals surface area contributed by atoms with E-state index in [1.807, 2.05) is 18.2 Å². The molecule has 0 aromatic heterocycles. The predicted molar refractivity (Wildman–Crippen MR) is 100.0 cm³/mol. The molecule has 25 heavy (non-hydrogen) atoms. The van der Waals surface area contributed by atoms with Gasteiger partial charge in [-0.05, 0) is 42.7 Å². The maximum atomic E-state index is 5.95. The van der Waals surface area contributed by atoms with E-state index >= 15 is 0 Å². The normalized spacial score (nSPS) is 18.6. The molecule has 0 saturated heterocycles. The van der Waals surface area contributed by atoms with Crippen molar-refractivity contribution in [2.24, 2.45) is 0 Å². The second kappa shape index (κ2) is 7.83. The van der Waals surface area contributed by atoms with E-state index in [1.165, 1.54) is 11.1 Å². The number of hydrogen-bond acceptors (Lipinski definition) is 4. The van der Waals surface area contributed by atoms with Crippen molar-refractivity contribution in [3.8, 4) is 11.5 Å². The van der Waals surface area contributed by atoms with Gasteiger partial charge in [0, 0.05) is 23.2 Å². The summed E-state index contributed by atoms with van der Waals surface area (Å²) in [6, 6.07) is 12.4. The standard InChI is InChI=1S/C19H20ClNO3.ClH/c1-12(8-13-2-4-14(20)5-3-13)21-9-18-15-6-7-17-19(24-11-23-17)16(15)10-22-18;/h2-7,12,18,21H,8-11H2,1H3;1H. The molecule has 4 rings (SSSR count). The first-order valence-corrected chi connectivity index (χ1v) is 8.59. The van der Waals surface area contributed by atoms with Gasteiger partial charge in [0.1, 0.15) is 0 Å². The number of halogens is 2. The zero-order valence-electron chi connectivity index (χ0n) is 14.0. The van der Waals surface area contributed by atoms with E-state index in [0.29, 0.717) is 19.4 Å². The molecule has 6 heteroatoms. The Balaban J connectivity index is 0.00000182. The van der Waals surface area contributed by atoms with Crippen molar-refractivity contribution < 1.29 is 14.2 Å². The Morgan fingerprint density at radius 1 is 1.16 bits per heavy atom. The average molecular weight is 382 g/mol. The minimum atomic E-state index is 0. The SMILES string of the molecule is CC(Cc1ccc(Cl)cc1)NCC1OCc2c1ccc1c2OCO1.Cl. The summed E-state index contributed by atoms with van der Waals surface area (Å²) in [5, 5.41) is 4.34. The highest BCUT2D eigenvalue weighted by molar-refractivity contribution is 6.30. The number of hydrogen-bond donors (Lipinski definition) is 1. The number of ether oxygens (including phenoxy) is 3. The molecule has 0 amide bonds. The molecule has 2 unspecified atom stereocenters. The maximum absolute atomic E-state index is 5.95. The van der Waals surface area contributed by atoms with Crippen LogP contribution in [-0.4, -0.2) is 19.4 Å². The van der Waals surface area contributed by atoms with Crippen LogP contribution in [0.1, 0.15) is 29.7 Å². The highest BCUT2D eigenvalue weighted by atomic mass is 35.5. The van der Waals surface area contributed by atoms with Crippen LogP contribution in [0.4, 0.5) is 0 Å². The van der Waals surface area contributed by atoms with E-state index in [-0.39, 0.29) is 18.5 Å². The molecule has 2 aromatic carbocycles. The lowest BCUT2D eigenvalue weighted by molar-refractivity contribution is 0.0635. The number of benzene rings is 2. The van der Waals surface area contributed by atoms with Gasteiger partial charge in [-0.25, -0.2) is 0 Å². The Hall–Kier alpha value is -1.46. The average Bonchev–Trinajstić information content (AvgIpc) is 3.20. The van der Waals surface area contributed by atoms with E-state index in [9.17, 15) is 0 Å². The lowest BCUT2D eigenvalue weighted by Gasteiger charge is -2.18. The molecule has 4 nitrogen and oxygen atoms in total. The number of nitrogens with one attached hydrogen (secondary N) is 1. The molecule has 0 radical (unpaired) electrons. The van der Waals surface area contributed by atoms with Crippen molar-refractivity contribution in [2.45, 2.75) is 32.1 Å². The van der Waals surface area contributed by atoms with Crippen LogP contribution >= 0.6 is 24.0 Å². The van der Waals surface area contributed by atoms with E-state index in [2.05, 4.69) is 30.4 Å². The van der Waals surface area contributed by atoms with E-state index < -0.39 is 0 Å². The lowest BCUT2D eigenvalue weighted by atomic mass is 10.0. The summed E-state index contributed by atoms with van der Waals surface area (Å²) in [5.41, 5.74) is 3.60. The largest absolute Gasteiger partial charge is 0.454 e. The Labute approximate surface area is 158 Å². The first kappa shape index (κ1) is 18.3. The summed E-state index contributed by atoms with van der Waals surface area (Å²) in [6.45, 7) is 3.85. The van der Waals surface area contributed by atoms with Crippen molar-refractivity contribution in [1.82, 2.24) is 5.32 Å². The summed E-state index contributed by atoms with van der Waals surface area (Å²) in [6.07, 6.45) is 1.01. The third-order valence-electron chi connectivity index (χ3n) is 4.56. The Bertz CT molecular complexity index is 736. The number of rotatable bonds is 5. The highest BCUT2D eigenvalue weighted by Gasteiger charge is 2.30. The molecule has 2 aliphatic rings. The Morgan fingerprint density at radius 3 is 2.76 bits per heavy atom. The molecule has 1 N–H and O–H groups in total. The van der Waals surface area contributed by atoms with E-state index in [0.717, 1.165) is 35.1 Å². The van der Waals surface area contributed by atoms with Crippen LogP contribution in [0.5, 0.6) is 11.5 Å². The lowest BCUT2D eigenvalue weighted by Crippen LogP contribution is -2.32. The second-order valence-electron chi connectivity index (χ2n) is 6.31. The van der Waals surface area contributed by atoms with Crippen molar-refractivity contribution in [3.63, 3.8) is 0 Å². The molecule has 2 heterocycles. The fraction of sp³-hybridized carbons (Fsp3) is 0.368. The smallest absolute Gasteiger partial charge is 0.231 e. The zero-order valence-corrected chi connectivity index (χ0v) is 15.5. The molecule has 134 valence electrons. The molecule has 2 atom stereocenters.